The monoisotopic (exact) mass is 515 g/mol. The van der Waals surface area contributed by atoms with Gasteiger partial charge in [0, 0.05) is 22.7 Å². The number of esters is 1. The minimum absolute atomic E-state index is 0.00372. The fraction of sp³-hybridized carbons (Fsp3) is 0.0370. The summed E-state index contributed by atoms with van der Waals surface area (Å²) in [7, 11) is 1.25. The highest BCUT2D eigenvalue weighted by Crippen LogP contribution is 2.34. The molecular formula is C27H18FN3O3S2. The predicted octanol–water partition coefficient (Wildman–Crippen LogP) is 6.67. The second-order valence-electron chi connectivity index (χ2n) is 7.64. The molecule has 3 aromatic carbocycles. The van der Waals surface area contributed by atoms with E-state index in [1.165, 1.54) is 17.3 Å². The zero-order valence-corrected chi connectivity index (χ0v) is 20.6. The molecule has 0 aliphatic rings. The first-order valence-electron chi connectivity index (χ1n) is 10.8. The van der Waals surface area contributed by atoms with Crippen molar-refractivity contribution in [2.45, 2.75) is 0 Å². The SMILES string of the molecule is COC(=O)c1nc(C(=O)c2cn(SF)c3ccccc23)sc1N=C(c1ccccc1)c1ccccc1. The average molecular weight is 516 g/mol. The topological polar surface area (TPSA) is 73.5 Å². The number of ether oxygens (including phenoxy) is 1. The van der Waals surface area contributed by atoms with Crippen LogP contribution in [0.1, 0.15) is 37.0 Å². The molecule has 0 aliphatic heterocycles. The molecule has 2 aromatic heterocycles. The predicted molar refractivity (Wildman–Crippen MR) is 141 cm³/mol. The number of thiazole rings is 1. The highest BCUT2D eigenvalue weighted by molar-refractivity contribution is 7.92. The Bertz CT molecular complexity index is 1550. The summed E-state index contributed by atoms with van der Waals surface area (Å²) in [4.78, 5) is 35.2. The third-order valence-corrected chi connectivity index (χ3v) is 6.89. The van der Waals surface area contributed by atoms with E-state index in [2.05, 4.69) is 4.98 Å². The second-order valence-corrected chi connectivity index (χ2v) is 9.15. The van der Waals surface area contributed by atoms with Crippen molar-refractivity contribution >= 4 is 57.0 Å². The van der Waals surface area contributed by atoms with Gasteiger partial charge in [-0.25, -0.2) is 14.8 Å². The molecule has 0 radical (unpaired) electrons. The van der Waals surface area contributed by atoms with Crippen LogP contribution in [0.5, 0.6) is 0 Å². The number of fused-ring (bicyclic) bond motifs is 1. The van der Waals surface area contributed by atoms with Crippen LogP contribution in [0.25, 0.3) is 10.9 Å². The van der Waals surface area contributed by atoms with Gasteiger partial charge in [0.25, 0.3) is 0 Å². The maximum absolute atomic E-state index is 13.5. The van der Waals surface area contributed by atoms with Gasteiger partial charge in [-0.1, -0.05) is 90.2 Å². The number of para-hydroxylation sites is 1. The first kappa shape index (κ1) is 23.7. The van der Waals surface area contributed by atoms with E-state index in [1.54, 1.807) is 24.3 Å². The Morgan fingerprint density at radius 2 is 1.56 bits per heavy atom. The average Bonchev–Trinajstić information content (AvgIpc) is 3.54. The molecule has 5 rings (SSSR count). The molecule has 0 bridgehead atoms. The van der Waals surface area contributed by atoms with Gasteiger partial charge in [0.1, 0.15) is 0 Å². The van der Waals surface area contributed by atoms with E-state index in [0.717, 1.165) is 22.5 Å². The lowest BCUT2D eigenvalue weighted by molar-refractivity contribution is 0.0596. The van der Waals surface area contributed by atoms with Crippen LogP contribution in [0.2, 0.25) is 0 Å². The van der Waals surface area contributed by atoms with Gasteiger partial charge in [-0.2, -0.15) is 0 Å². The van der Waals surface area contributed by atoms with E-state index in [0.29, 0.717) is 16.6 Å². The van der Waals surface area contributed by atoms with Crippen molar-refractivity contribution in [1.29, 1.82) is 0 Å². The first-order chi connectivity index (χ1) is 17.6. The Balaban J connectivity index is 1.66. The van der Waals surface area contributed by atoms with Crippen molar-refractivity contribution in [3.05, 3.63) is 119 Å². The summed E-state index contributed by atoms with van der Waals surface area (Å²) in [6.45, 7) is 0. The van der Waals surface area contributed by atoms with Crippen LogP contribution < -0.4 is 0 Å². The molecule has 36 heavy (non-hydrogen) atoms. The van der Waals surface area contributed by atoms with Crippen LogP contribution >= 0.6 is 23.7 Å². The second kappa shape index (κ2) is 10.3. The number of hydrogen-bond acceptors (Lipinski definition) is 7. The lowest BCUT2D eigenvalue weighted by Crippen LogP contribution is -2.06. The largest absolute Gasteiger partial charge is 0.464 e. The van der Waals surface area contributed by atoms with Crippen molar-refractivity contribution < 1.29 is 18.2 Å². The number of ketones is 1. The zero-order chi connectivity index (χ0) is 25.1. The summed E-state index contributed by atoms with van der Waals surface area (Å²) in [6, 6.07) is 26.1. The Hall–Kier alpha value is -4.08. The van der Waals surface area contributed by atoms with E-state index in [1.807, 2.05) is 60.7 Å². The molecule has 178 valence electrons. The van der Waals surface area contributed by atoms with Gasteiger partial charge in [-0.3, -0.25) is 8.77 Å². The van der Waals surface area contributed by atoms with E-state index in [-0.39, 0.29) is 33.6 Å². The molecule has 2 heterocycles. The number of nitrogens with zero attached hydrogens (tertiary/aromatic N) is 3. The fourth-order valence-corrected chi connectivity index (χ4v) is 5.07. The number of hydrogen-bond donors (Lipinski definition) is 0. The van der Waals surface area contributed by atoms with E-state index in [9.17, 15) is 13.5 Å². The van der Waals surface area contributed by atoms with Gasteiger partial charge >= 0.3 is 5.97 Å². The van der Waals surface area contributed by atoms with Crippen molar-refractivity contribution in [2.75, 3.05) is 7.11 Å². The molecule has 0 spiro atoms. The van der Waals surface area contributed by atoms with Crippen molar-refractivity contribution in [1.82, 2.24) is 8.96 Å². The number of carbonyl (C=O) groups is 2. The minimum atomic E-state index is -0.703. The van der Waals surface area contributed by atoms with Gasteiger partial charge in [-0.15, -0.1) is 3.89 Å². The lowest BCUT2D eigenvalue weighted by atomic mass is 10.0. The Labute approximate surface area is 214 Å². The number of aliphatic imine (C=N–C) groups is 1. The quantitative estimate of drug-likeness (QED) is 0.138. The summed E-state index contributed by atoms with van der Waals surface area (Å²) in [5.74, 6) is -1.14. The molecule has 0 saturated heterocycles. The lowest BCUT2D eigenvalue weighted by Gasteiger charge is -2.07. The van der Waals surface area contributed by atoms with E-state index in [4.69, 9.17) is 9.73 Å². The summed E-state index contributed by atoms with van der Waals surface area (Å²) >= 11 is 0.994. The van der Waals surface area contributed by atoms with Gasteiger partial charge in [0.15, 0.2) is 28.0 Å². The highest BCUT2D eigenvalue weighted by Gasteiger charge is 2.26. The normalized spacial score (nSPS) is 10.8. The third kappa shape index (κ3) is 4.46. The van der Waals surface area contributed by atoms with Crippen molar-refractivity contribution in [3.8, 4) is 0 Å². The molecule has 0 atom stereocenters. The molecule has 0 N–H and O–H groups in total. The van der Waals surface area contributed by atoms with Crippen LogP contribution in [-0.4, -0.2) is 33.5 Å². The molecule has 5 aromatic rings. The molecule has 9 heteroatoms. The summed E-state index contributed by atoms with van der Waals surface area (Å²) in [5.41, 5.74) is 3.08. The van der Waals surface area contributed by atoms with E-state index >= 15 is 0 Å². The number of rotatable bonds is 7. The van der Waals surface area contributed by atoms with Crippen LogP contribution in [0.4, 0.5) is 8.89 Å². The number of benzene rings is 3. The third-order valence-electron chi connectivity index (χ3n) is 5.49. The summed E-state index contributed by atoms with van der Waals surface area (Å²) in [6.07, 6.45) is 1.43. The Morgan fingerprint density at radius 1 is 0.944 bits per heavy atom. The Morgan fingerprint density at radius 3 is 2.17 bits per heavy atom. The Kier molecular flexibility index (Phi) is 6.75. The van der Waals surface area contributed by atoms with Crippen LogP contribution in [0, 0.1) is 0 Å². The van der Waals surface area contributed by atoms with E-state index < -0.39 is 11.8 Å². The van der Waals surface area contributed by atoms with Crippen molar-refractivity contribution in [3.63, 3.8) is 0 Å². The summed E-state index contributed by atoms with van der Waals surface area (Å²) < 4.78 is 19.7. The molecule has 0 saturated carbocycles. The van der Waals surface area contributed by atoms with Gasteiger partial charge < -0.3 is 4.74 Å². The molecule has 0 fully saturated rings. The standard InChI is InChI=1S/C27H18FN3O3S2/c1-34-27(33)23-25(29-22(17-10-4-2-5-11-17)18-12-6-3-7-13-18)35-26(30-23)24(32)20-16-31(36-28)21-15-9-8-14-19(20)21/h2-16H,1H3. The number of carbonyl (C=O) groups excluding carboxylic acids is 2. The molecule has 0 unspecified atom stereocenters. The first-order valence-corrected chi connectivity index (χ1v) is 12.3. The van der Waals surface area contributed by atoms with Crippen LogP contribution in [0.15, 0.2) is 96.1 Å². The number of halogens is 1. The number of methoxy groups -OCH3 is 1. The zero-order valence-electron chi connectivity index (χ0n) is 18.9. The molecule has 6 nitrogen and oxygen atoms in total. The van der Waals surface area contributed by atoms with Gasteiger partial charge in [-0.05, 0) is 6.07 Å². The molecule has 0 amide bonds. The fourth-order valence-electron chi connectivity index (χ4n) is 3.81. The summed E-state index contributed by atoms with van der Waals surface area (Å²) in [5, 5.41) is 0.889. The number of aromatic nitrogens is 2. The maximum atomic E-state index is 13.5. The van der Waals surface area contributed by atoms with Crippen LogP contribution in [0.3, 0.4) is 0 Å². The van der Waals surface area contributed by atoms with Crippen molar-refractivity contribution in [2.24, 2.45) is 4.99 Å². The van der Waals surface area contributed by atoms with Crippen LogP contribution in [-0.2, 0) is 4.74 Å². The minimum Gasteiger partial charge on any atom is -0.464 e. The van der Waals surface area contributed by atoms with Gasteiger partial charge in [0.05, 0.1) is 23.9 Å². The van der Waals surface area contributed by atoms with Gasteiger partial charge in [0.2, 0.25) is 5.78 Å². The molecule has 0 aliphatic carbocycles. The molecular weight excluding hydrogens is 497 g/mol. The highest BCUT2D eigenvalue weighted by atomic mass is 32.2. The maximum Gasteiger partial charge on any atom is 0.359 e. The smallest absolute Gasteiger partial charge is 0.359 e.